The normalized spacial score (nSPS) is 17.9. The average Bonchev–Trinajstić information content (AvgIpc) is 2.66. The van der Waals surface area contributed by atoms with E-state index in [0.717, 1.165) is 19.1 Å². The highest BCUT2D eigenvalue weighted by Crippen LogP contribution is 2.21. The van der Waals surface area contributed by atoms with Gasteiger partial charge < -0.3 is 16.0 Å². The minimum absolute atomic E-state index is 0. The lowest BCUT2D eigenvalue weighted by molar-refractivity contribution is 0.252. The Labute approximate surface area is 129 Å². The predicted molar refractivity (Wildman–Crippen MR) is 89.7 cm³/mol. The quantitative estimate of drug-likeness (QED) is 0.454. The van der Waals surface area contributed by atoms with Crippen molar-refractivity contribution in [3.05, 3.63) is 0 Å². The maximum Gasteiger partial charge on any atom is 0.189 e. The second kappa shape index (κ2) is 8.19. The number of guanidine groups is 1. The molecule has 0 aromatic carbocycles. The van der Waals surface area contributed by atoms with E-state index in [-0.39, 0.29) is 29.5 Å². The summed E-state index contributed by atoms with van der Waals surface area (Å²) < 4.78 is 0. The van der Waals surface area contributed by atoms with E-state index >= 15 is 0 Å². The van der Waals surface area contributed by atoms with Gasteiger partial charge in [0.1, 0.15) is 0 Å². The largest absolute Gasteiger partial charge is 0.370 e. The van der Waals surface area contributed by atoms with E-state index in [1.807, 2.05) is 0 Å². The molecule has 0 saturated heterocycles. The summed E-state index contributed by atoms with van der Waals surface area (Å²) >= 11 is 0. The van der Waals surface area contributed by atoms with E-state index in [1.54, 1.807) is 0 Å². The molecule has 1 aliphatic carbocycles. The number of nitrogens with zero attached hydrogens (tertiary/aromatic N) is 2. The molecule has 0 spiro atoms. The van der Waals surface area contributed by atoms with Gasteiger partial charge in [-0.05, 0) is 40.7 Å². The molecular weight excluding hydrogens is 339 g/mol. The standard InChI is InChI=1S/C13H28N4.HI/c1-13(2,3)16-12(14)15-9-10-17(4)11-7-5-6-8-11;/h11H,5-10H2,1-4H3,(H3,14,15,16);1H. The van der Waals surface area contributed by atoms with Gasteiger partial charge in [-0.1, -0.05) is 12.8 Å². The van der Waals surface area contributed by atoms with Crippen molar-refractivity contribution in [1.29, 1.82) is 0 Å². The number of hydrogen-bond donors (Lipinski definition) is 2. The summed E-state index contributed by atoms with van der Waals surface area (Å²) in [6.45, 7) is 8.03. The molecule has 0 radical (unpaired) electrons. The smallest absolute Gasteiger partial charge is 0.189 e. The van der Waals surface area contributed by atoms with Gasteiger partial charge in [-0.3, -0.25) is 4.99 Å². The highest BCUT2D eigenvalue weighted by atomic mass is 127. The van der Waals surface area contributed by atoms with E-state index in [1.165, 1.54) is 25.7 Å². The molecule has 0 aromatic heterocycles. The summed E-state index contributed by atoms with van der Waals surface area (Å²) in [7, 11) is 2.19. The van der Waals surface area contributed by atoms with Gasteiger partial charge in [0.2, 0.25) is 0 Å². The number of hydrogen-bond acceptors (Lipinski definition) is 2. The number of aliphatic imine (C=N–C) groups is 1. The van der Waals surface area contributed by atoms with Crippen LogP contribution in [-0.2, 0) is 0 Å². The van der Waals surface area contributed by atoms with Crippen LogP contribution in [0.5, 0.6) is 0 Å². The minimum Gasteiger partial charge on any atom is -0.370 e. The lowest BCUT2D eigenvalue weighted by atomic mass is 10.1. The van der Waals surface area contributed by atoms with Gasteiger partial charge >= 0.3 is 0 Å². The molecule has 0 amide bonds. The Bertz CT molecular complexity index is 254. The van der Waals surface area contributed by atoms with Crippen molar-refractivity contribution in [1.82, 2.24) is 10.2 Å². The van der Waals surface area contributed by atoms with Gasteiger partial charge in [-0.25, -0.2) is 0 Å². The zero-order valence-electron chi connectivity index (χ0n) is 12.2. The third-order valence-corrected chi connectivity index (χ3v) is 3.19. The Morgan fingerprint density at radius 2 is 1.89 bits per heavy atom. The zero-order valence-corrected chi connectivity index (χ0v) is 14.5. The van der Waals surface area contributed by atoms with Gasteiger partial charge in [0.25, 0.3) is 0 Å². The first-order valence-electron chi connectivity index (χ1n) is 6.67. The zero-order chi connectivity index (χ0) is 12.9. The van der Waals surface area contributed by atoms with Crippen LogP contribution in [0, 0.1) is 0 Å². The number of nitrogens with one attached hydrogen (secondary N) is 1. The van der Waals surface area contributed by atoms with Gasteiger partial charge in [0, 0.05) is 18.1 Å². The molecule has 108 valence electrons. The Balaban J connectivity index is 0.00000289. The van der Waals surface area contributed by atoms with Crippen molar-refractivity contribution in [2.75, 3.05) is 20.1 Å². The van der Waals surface area contributed by atoms with Gasteiger partial charge in [-0.2, -0.15) is 0 Å². The summed E-state index contributed by atoms with van der Waals surface area (Å²) in [5.41, 5.74) is 5.81. The van der Waals surface area contributed by atoms with Crippen molar-refractivity contribution in [3.8, 4) is 0 Å². The van der Waals surface area contributed by atoms with Crippen LogP contribution >= 0.6 is 24.0 Å². The monoisotopic (exact) mass is 368 g/mol. The number of halogens is 1. The van der Waals surface area contributed by atoms with Crippen molar-refractivity contribution in [3.63, 3.8) is 0 Å². The van der Waals surface area contributed by atoms with Crippen LogP contribution in [0.15, 0.2) is 4.99 Å². The van der Waals surface area contributed by atoms with E-state index in [2.05, 4.69) is 43.0 Å². The maximum atomic E-state index is 5.82. The molecule has 4 nitrogen and oxygen atoms in total. The summed E-state index contributed by atoms with van der Waals surface area (Å²) in [5, 5.41) is 3.17. The molecule has 0 unspecified atom stereocenters. The Kier molecular flexibility index (Phi) is 8.18. The molecular formula is C13H29IN4. The summed E-state index contributed by atoms with van der Waals surface area (Å²) in [6.07, 6.45) is 5.45. The van der Waals surface area contributed by atoms with Crippen LogP contribution in [0.25, 0.3) is 0 Å². The van der Waals surface area contributed by atoms with E-state index in [4.69, 9.17) is 5.73 Å². The molecule has 1 aliphatic rings. The molecule has 1 rings (SSSR count). The van der Waals surface area contributed by atoms with Crippen LogP contribution in [0.1, 0.15) is 46.5 Å². The van der Waals surface area contributed by atoms with Crippen LogP contribution in [-0.4, -0.2) is 42.6 Å². The SMILES string of the molecule is CN(CCN=C(N)NC(C)(C)C)C1CCCC1.I. The van der Waals surface area contributed by atoms with Crippen molar-refractivity contribution in [2.45, 2.75) is 58.0 Å². The van der Waals surface area contributed by atoms with Crippen LogP contribution in [0.4, 0.5) is 0 Å². The first-order valence-corrected chi connectivity index (χ1v) is 6.67. The van der Waals surface area contributed by atoms with Crippen LogP contribution < -0.4 is 11.1 Å². The highest BCUT2D eigenvalue weighted by Gasteiger charge is 2.18. The fourth-order valence-electron chi connectivity index (χ4n) is 2.28. The molecule has 1 saturated carbocycles. The second-order valence-corrected chi connectivity index (χ2v) is 6.06. The van der Waals surface area contributed by atoms with Gasteiger partial charge in [0.15, 0.2) is 5.96 Å². The lowest BCUT2D eigenvalue weighted by Gasteiger charge is -2.24. The molecule has 18 heavy (non-hydrogen) atoms. The third kappa shape index (κ3) is 7.41. The Morgan fingerprint density at radius 3 is 2.39 bits per heavy atom. The van der Waals surface area contributed by atoms with E-state index in [0.29, 0.717) is 5.96 Å². The van der Waals surface area contributed by atoms with Crippen LogP contribution in [0.3, 0.4) is 0 Å². The molecule has 0 heterocycles. The first-order chi connectivity index (χ1) is 7.88. The average molecular weight is 368 g/mol. The van der Waals surface area contributed by atoms with Gasteiger partial charge in [0.05, 0.1) is 6.54 Å². The fraction of sp³-hybridized carbons (Fsp3) is 0.923. The third-order valence-electron chi connectivity index (χ3n) is 3.19. The topological polar surface area (TPSA) is 53.6 Å². The van der Waals surface area contributed by atoms with E-state index in [9.17, 15) is 0 Å². The Hall–Kier alpha value is -0.0400. The number of rotatable bonds is 4. The molecule has 5 heteroatoms. The van der Waals surface area contributed by atoms with Crippen LogP contribution in [0.2, 0.25) is 0 Å². The molecule has 0 bridgehead atoms. The lowest BCUT2D eigenvalue weighted by Crippen LogP contribution is -2.45. The fourth-order valence-corrected chi connectivity index (χ4v) is 2.28. The van der Waals surface area contributed by atoms with Gasteiger partial charge in [-0.15, -0.1) is 24.0 Å². The molecule has 1 fully saturated rings. The predicted octanol–water partition coefficient (Wildman–Crippen LogP) is 2.18. The van der Waals surface area contributed by atoms with E-state index < -0.39 is 0 Å². The van der Waals surface area contributed by atoms with Crippen molar-refractivity contribution in [2.24, 2.45) is 10.7 Å². The van der Waals surface area contributed by atoms with Crippen molar-refractivity contribution >= 4 is 29.9 Å². The molecule has 0 aromatic rings. The summed E-state index contributed by atoms with van der Waals surface area (Å²) in [5.74, 6) is 0.553. The first kappa shape index (κ1) is 18.0. The molecule has 0 atom stereocenters. The second-order valence-electron chi connectivity index (χ2n) is 6.06. The van der Waals surface area contributed by atoms with Crippen molar-refractivity contribution < 1.29 is 0 Å². The summed E-state index contributed by atoms with van der Waals surface area (Å²) in [6, 6.07) is 0.766. The molecule has 0 aliphatic heterocycles. The maximum absolute atomic E-state index is 5.82. The Morgan fingerprint density at radius 1 is 1.33 bits per heavy atom. The highest BCUT2D eigenvalue weighted by molar-refractivity contribution is 14.0. The minimum atomic E-state index is -0.00899. The number of likely N-dealkylation sites (N-methyl/N-ethyl adjacent to an activating group) is 1. The number of nitrogens with two attached hydrogens (primary N) is 1. The summed E-state index contributed by atoms with van der Waals surface area (Å²) in [4.78, 5) is 6.78. The molecule has 3 N–H and O–H groups in total.